The van der Waals surface area contributed by atoms with Gasteiger partial charge in [-0.1, -0.05) is 6.58 Å². The van der Waals surface area contributed by atoms with E-state index in [1.165, 1.54) is 0 Å². The zero-order valence-corrected chi connectivity index (χ0v) is 16.6. The second kappa shape index (κ2) is 10.5. The third kappa shape index (κ3) is 10.2. The largest absolute Gasteiger partial charge is 0.477 e. The number of rotatable bonds is 12. The van der Waals surface area contributed by atoms with E-state index in [-0.39, 0.29) is 24.9 Å². The first-order valence-electron chi connectivity index (χ1n) is 8.48. The molecule has 0 aromatic heterocycles. The molecule has 0 radical (unpaired) electrons. The van der Waals surface area contributed by atoms with Crippen LogP contribution in [0.5, 0.6) is 0 Å². The first kappa shape index (κ1) is 23.6. The van der Waals surface area contributed by atoms with Gasteiger partial charge >= 0.3 is 11.9 Å². The molecule has 0 aliphatic rings. The summed E-state index contributed by atoms with van der Waals surface area (Å²) in [7, 11) is 5.56. The third-order valence-electron chi connectivity index (χ3n) is 3.66. The number of hydrogen-bond donors (Lipinski definition) is 1. The summed E-state index contributed by atoms with van der Waals surface area (Å²) in [4.78, 5) is 22.8. The number of carbonyl (C=O) groups is 2. The summed E-state index contributed by atoms with van der Waals surface area (Å²) < 4.78 is 16.8. The van der Waals surface area contributed by atoms with Crippen molar-refractivity contribution in [3.05, 3.63) is 12.2 Å². The molecule has 0 heterocycles. The highest BCUT2D eigenvalue weighted by atomic mass is 16.6. The molecule has 1 N–H and O–H groups in total. The van der Waals surface area contributed by atoms with Crippen LogP contribution in [0.2, 0.25) is 0 Å². The fourth-order valence-electron chi connectivity index (χ4n) is 2.10. The summed E-state index contributed by atoms with van der Waals surface area (Å²) in [5.41, 5.74) is 0.349. The van der Waals surface area contributed by atoms with Crippen molar-refractivity contribution >= 4 is 11.9 Å². The van der Waals surface area contributed by atoms with Crippen molar-refractivity contribution in [1.82, 2.24) is 0 Å². The first-order chi connectivity index (χ1) is 11.3. The maximum absolute atomic E-state index is 11.4. The zero-order valence-electron chi connectivity index (χ0n) is 16.6. The van der Waals surface area contributed by atoms with Crippen LogP contribution in [-0.4, -0.2) is 80.2 Å². The van der Waals surface area contributed by atoms with Crippen molar-refractivity contribution < 1.29 is 33.4 Å². The number of quaternary nitrogens is 1. The second-order valence-corrected chi connectivity index (χ2v) is 7.49. The molecule has 0 saturated carbocycles. The highest BCUT2D eigenvalue weighted by Crippen LogP contribution is 2.13. The molecular formula is C18H34NO6+. The van der Waals surface area contributed by atoms with Crippen LogP contribution in [0.4, 0.5) is 0 Å². The molecule has 7 heteroatoms. The first-order valence-corrected chi connectivity index (χ1v) is 8.48. The Bertz CT molecular complexity index is 457. The molecule has 4 atom stereocenters. The topological polar surface area (TPSA) is 82.1 Å². The average molecular weight is 360 g/mol. The standard InChI is InChI=1S/C18H33NO6/c1-12(2)18(22)25-15(5)11-24-14(4)10-23-13(3)9-16(17(20)21)19(6,7)8/h13-16H,1,9-11H2,2-8H3/p+1. The summed E-state index contributed by atoms with van der Waals surface area (Å²) in [5, 5.41) is 9.35. The van der Waals surface area contributed by atoms with Crippen LogP contribution in [0.1, 0.15) is 34.1 Å². The molecular weight excluding hydrogens is 326 g/mol. The normalized spacial score (nSPS) is 16.6. The summed E-state index contributed by atoms with van der Waals surface area (Å²) in [6.07, 6.45) is -0.360. The SMILES string of the molecule is C=C(C)C(=O)OC(C)COC(C)COC(C)CC(C(=O)O)[N+](C)(C)C. The lowest BCUT2D eigenvalue weighted by molar-refractivity contribution is -0.888. The van der Waals surface area contributed by atoms with Gasteiger partial charge in [0.1, 0.15) is 6.10 Å². The van der Waals surface area contributed by atoms with E-state index in [1.54, 1.807) is 13.8 Å². The van der Waals surface area contributed by atoms with Gasteiger partial charge in [0, 0.05) is 12.0 Å². The van der Waals surface area contributed by atoms with Gasteiger partial charge in [0.05, 0.1) is 46.6 Å². The number of aliphatic carboxylic acids is 1. The minimum Gasteiger partial charge on any atom is -0.477 e. The molecule has 0 aromatic rings. The minimum atomic E-state index is -0.833. The number of likely N-dealkylation sites (N-methyl/N-ethyl adjacent to an activating group) is 1. The highest BCUT2D eigenvalue weighted by Gasteiger charge is 2.33. The molecule has 0 bridgehead atoms. The Morgan fingerprint density at radius 3 is 1.92 bits per heavy atom. The van der Waals surface area contributed by atoms with Gasteiger partial charge < -0.3 is 23.8 Å². The summed E-state index contributed by atoms with van der Waals surface area (Å²) in [6, 6.07) is -0.534. The lowest BCUT2D eigenvalue weighted by Crippen LogP contribution is -2.51. The summed E-state index contributed by atoms with van der Waals surface area (Å²) in [5.74, 6) is -1.27. The number of carbonyl (C=O) groups excluding carboxylic acids is 1. The van der Waals surface area contributed by atoms with Gasteiger partial charge in [0.2, 0.25) is 0 Å². The van der Waals surface area contributed by atoms with Gasteiger partial charge in [-0.3, -0.25) is 0 Å². The Hall–Kier alpha value is -1.44. The van der Waals surface area contributed by atoms with E-state index in [9.17, 15) is 14.7 Å². The lowest BCUT2D eigenvalue weighted by Gasteiger charge is -2.32. The quantitative estimate of drug-likeness (QED) is 0.325. The molecule has 0 fully saturated rings. The molecule has 0 rings (SSSR count). The molecule has 25 heavy (non-hydrogen) atoms. The molecule has 4 unspecified atom stereocenters. The van der Waals surface area contributed by atoms with Crippen molar-refractivity contribution in [3.8, 4) is 0 Å². The molecule has 0 aliphatic heterocycles. The van der Waals surface area contributed by atoms with Crippen LogP contribution in [0, 0.1) is 0 Å². The maximum Gasteiger partial charge on any atom is 0.362 e. The van der Waals surface area contributed by atoms with E-state index in [2.05, 4.69) is 6.58 Å². The van der Waals surface area contributed by atoms with Crippen molar-refractivity contribution in [2.75, 3.05) is 34.4 Å². The van der Waals surface area contributed by atoms with Crippen LogP contribution in [0.25, 0.3) is 0 Å². The molecule has 0 amide bonds. The van der Waals surface area contributed by atoms with E-state index in [0.29, 0.717) is 23.1 Å². The van der Waals surface area contributed by atoms with Crippen LogP contribution in [-0.2, 0) is 23.8 Å². The number of carboxylic acid groups (broad SMARTS) is 1. The van der Waals surface area contributed by atoms with Crippen LogP contribution >= 0.6 is 0 Å². The number of carboxylic acids is 1. The molecule has 0 aromatic carbocycles. The average Bonchev–Trinajstić information content (AvgIpc) is 2.46. The predicted octanol–water partition coefficient (Wildman–Crippen LogP) is 1.85. The number of hydrogen-bond acceptors (Lipinski definition) is 5. The van der Waals surface area contributed by atoms with Crippen molar-refractivity contribution in [2.24, 2.45) is 0 Å². The fourth-order valence-corrected chi connectivity index (χ4v) is 2.10. The Kier molecular flexibility index (Phi) is 9.92. The maximum atomic E-state index is 11.4. The van der Waals surface area contributed by atoms with Crippen LogP contribution < -0.4 is 0 Å². The van der Waals surface area contributed by atoms with Crippen LogP contribution in [0.3, 0.4) is 0 Å². The third-order valence-corrected chi connectivity index (χ3v) is 3.66. The van der Waals surface area contributed by atoms with E-state index in [4.69, 9.17) is 14.2 Å². The number of esters is 1. The van der Waals surface area contributed by atoms with Gasteiger partial charge in [0.25, 0.3) is 0 Å². The molecule has 0 aliphatic carbocycles. The number of ether oxygens (including phenoxy) is 3. The molecule has 0 spiro atoms. The lowest BCUT2D eigenvalue weighted by atomic mass is 10.1. The Morgan fingerprint density at radius 1 is 1.00 bits per heavy atom. The van der Waals surface area contributed by atoms with Gasteiger partial charge in [0.15, 0.2) is 6.04 Å². The van der Waals surface area contributed by atoms with Gasteiger partial charge in [-0.05, 0) is 27.7 Å². The summed E-state index contributed by atoms with van der Waals surface area (Å²) >= 11 is 0. The fraction of sp³-hybridized carbons (Fsp3) is 0.778. The van der Waals surface area contributed by atoms with Crippen molar-refractivity contribution in [3.63, 3.8) is 0 Å². The second-order valence-electron chi connectivity index (χ2n) is 7.49. The minimum absolute atomic E-state index is 0.194. The smallest absolute Gasteiger partial charge is 0.362 e. The zero-order chi connectivity index (χ0) is 19.8. The Morgan fingerprint density at radius 2 is 1.48 bits per heavy atom. The van der Waals surface area contributed by atoms with E-state index < -0.39 is 18.0 Å². The molecule has 146 valence electrons. The van der Waals surface area contributed by atoms with Crippen LogP contribution in [0.15, 0.2) is 12.2 Å². The van der Waals surface area contributed by atoms with Crippen molar-refractivity contribution in [2.45, 2.75) is 58.5 Å². The van der Waals surface area contributed by atoms with Gasteiger partial charge in [-0.25, -0.2) is 9.59 Å². The van der Waals surface area contributed by atoms with Gasteiger partial charge in [-0.2, -0.15) is 0 Å². The molecule has 7 nitrogen and oxygen atoms in total. The van der Waals surface area contributed by atoms with Gasteiger partial charge in [-0.15, -0.1) is 0 Å². The Labute approximate surface area is 151 Å². The number of nitrogens with zero attached hydrogens (tertiary/aromatic N) is 1. The summed E-state index contributed by atoms with van der Waals surface area (Å²) in [6.45, 7) is 11.2. The Balaban J connectivity index is 4.20. The van der Waals surface area contributed by atoms with Crippen molar-refractivity contribution in [1.29, 1.82) is 0 Å². The van der Waals surface area contributed by atoms with E-state index in [0.717, 1.165) is 0 Å². The molecule has 0 saturated heterocycles. The monoisotopic (exact) mass is 360 g/mol. The van der Waals surface area contributed by atoms with E-state index >= 15 is 0 Å². The highest BCUT2D eigenvalue weighted by molar-refractivity contribution is 5.87. The van der Waals surface area contributed by atoms with E-state index in [1.807, 2.05) is 35.0 Å². The predicted molar refractivity (Wildman–Crippen MR) is 95.3 cm³/mol.